The fourth-order valence-corrected chi connectivity index (χ4v) is 2.51. The van der Waals surface area contributed by atoms with Gasteiger partial charge >= 0.3 is 7.12 Å². The Kier molecular flexibility index (Phi) is 4.21. The minimum atomic E-state index is -2.70. The van der Waals surface area contributed by atoms with Crippen LogP contribution in [0.15, 0.2) is 30.6 Å². The third-order valence-electron chi connectivity index (χ3n) is 4.58. The first-order valence-electron chi connectivity index (χ1n) is 7.80. The molecule has 1 fully saturated rings. The molecule has 0 unspecified atom stereocenters. The van der Waals surface area contributed by atoms with Crippen molar-refractivity contribution in [3.8, 4) is 0 Å². The number of halogens is 2. The highest BCUT2D eigenvalue weighted by atomic mass is 19.3. The van der Waals surface area contributed by atoms with Crippen molar-refractivity contribution in [2.45, 2.75) is 51.9 Å². The molecule has 0 aliphatic carbocycles. The van der Waals surface area contributed by atoms with Crippen LogP contribution in [0.1, 0.15) is 45.5 Å². The van der Waals surface area contributed by atoms with E-state index in [9.17, 15) is 8.78 Å². The van der Waals surface area contributed by atoms with Gasteiger partial charge in [-0.1, -0.05) is 6.07 Å². The van der Waals surface area contributed by atoms with Gasteiger partial charge in [0.1, 0.15) is 5.69 Å². The Morgan fingerprint density at radius 1 is 1.17 bits per heavy atom. The number of nitrogens with zero attached hydrogens (tertiary/aromatic N) is 3. The number of aromatic nitrogens is 3. The van der Waals surface area contributed by atoms with Crippen molar-refractivity contribution in [2.24, 2.45) is 0 Å². The summed E-state index contributed by atoms with van der Waals surface area (Å²) in [7, 11) is -0.864. The van der Waals surface area contributed by atoms with Gasteiger partial charge < -0.3 is 9.31 Å². The Hall–Kier alpha value is -1.80. The van der Waals surface area contributed by atoms with Crippen LogP contribution < -0.4 is 5.46 Å². The van der Waals surface area contributed by atoms with Crippen molar-refractivity contribution in [1.29, 1.82) is 0 Å². The van der Waals surface area contributed by atoms with E-state index in [1.807, 2.05) is 39.8 Å². The van der Waals surface area contributed by atoms with E-state index in [2.05, 4.69) is 10.1 Å². The molecule has 2 aromatic heterocycles. The minimum absolute atomic E-state index is 0.264. The molecule has 1 aliphatic rings. The minimum Gasteiger partial charge on any atom is -0.399 e. The molecule has 0 saturated carbocycles. The van der Waals surface area contributed by atoms with Gasteiger partial charge in [-0.15, -0.1) is 0 Å². The van der Waals surface area contributed by atoms with Gasteiger partial charge in [0.2, 0.25) is 0 Å². The Balaban J connectivity index is 1.91. The van der Waals surface area contributed by atoms with Gasteiger partial charge in [-0.05, 0) is 39.8 Å². The van der Waals surface area contributed by atoms with Crippen LogP contribution in [0.3, 0.4) is 0 Å². The molecule has 2 aromatic rings. The first-order valence-corrected chi connectivity index (χ1v) is 7.80. The molecule has 128 valence electrons. The molecule has 0 bridgehead atoms. The molecule has 3 heterocycles. The van der Waals surface area contributed by atoms with Gasteiger partial charge in [-0.25, -0.2) is 8.78 Å². The molecule has 8 heteroatoms. The zero-order valence-corrected chi connectivity index (χ0v) is 14.2. The second-order valence-corrected chi connectivity index (χ2v) is 6.88. The molecule has 1 aliphatic heterocycles. The number of hydrogen-bond acceptors (Lipinski definition) is 4. The highest BCUT2D eigenvalue weighted by Crippen LogP contribution is 2.37. The van der Waals surface area contributed by atoms with E-state index >= 15 is 0 Å². The van der Waals surface area contributed by atoms with Gasteiger partial charge in [-0.2, -0.15) is 5.10 Å². The van der Waals surface area contributed by atoms with Crippen molar-refractivity contribution in [2.75, 3.05) is 0 Å². The smallest absolute Gasteiger partial charge is 0.399 e. The molecular formula is C16H20BF2N3O2. The monoisotopic (exact) mass is 335 g/mol. The maximum Gasteiger partial charge on any atom is 0.498 e. The molecule has 3 rings (SSSR count). The Morgan fingerprint density at radius 3 is 2.38 bits per heavy atom. The predicted octanol–water partition coefficient (Wildman–Crippen LogP) is 2.56. The lowest BCUT2D eigenvalue weighted by Crippen LogP contribution is -2.41. The average Bonchev–Trinajstić information content (AvgIpc) is 2.99. The van der Waals surface area contributed by atoms with Crippen molar-refractivity contribution >= 4 is 12.6 Å². The molecule has 0 radical (unpaired) electrons. The van der Waals surface area contributed by atoms with Crippen LogP contribution in [0, 0.1) is 0 Å². The Bertz CT molecular complexity index is 703. The summed E-state index contributed by atoms with van der Waals surface area (Å²) in [6, 6.07) is 5.46. The summed E-state index contributed by atoms with van der Waals surface area (Å²) in [6.45, 7) is 7.83. The molecule has 24 heavy (non-hydrogen) atoms. The van der Waals surface area contributed by atoms with Crippen molar-refractivity contribution in [1.82, 2.24) is 14.8 Å². The normalized spacial score (nSPS) is 19.2. The number of hydrogen-bond donors (Lipinski definition) is 0. The summed E-state index contributed by atoms with van der Waals surface area (Å²) in [5, 5.41) is 4.01. The fraction of sp³-hybridized carbons (Fsp3) is 0.500. The number of pyridine rings is 1. The SMILES string of the molecule is CC1(C)OB(c2cn(Cc3ccccn3)nc2C(F)F)OC1(C)C. The van der Waals surface area contributed by atoms with E-state index in [0.717, 1.165) is 5.69 Å². The van der Waals surface area contributed by atoms with Gasteiger partial charge in [0.05, 0.1) is 23.4 Å². The molecular weight excluding hydrogens is 315 g/mol. The van der Waals surface area contributed by atoms with Gasteiger partial charge in [0, 0.05) is 17.9 Å². The molecule has 0 atom stereocenters. The first-order chi connectivity index (χ1) is 11.2. The van der Waals surface area contributed by atoms with E-state index in [4.69, 9.17) is 9.31 Å². The largest absolute Gasteiger partial charge is 0.498 e. The predicted molar refractivity (Wildman–Crippen MR) is 86.2 cm³/mol. The van der Waals surface area contributed by atoms with E-state index in [-0.39, 0.29) is 11.2 Å². The number of rotatable bonds is 4. The van der Waals surface area contributed by atoms with E-state index in [0.29, 0.717) is 6.54 Å². The summed E-state index contributed by atoms with van der Waals surface area (Å²) >= 11 is 0. The lowest BCUT2D eigenvalue weighted by molar-refractivity contribution is 0.00578. The van der Waals surface area contributed by atoms with Crippen LogP contribution in [0.25, 0.3) is 0 Å². The van der Waals surface area contributed by atoms with Gasteiger partial charge in [-0.3, -0.25) is 9.67 Å². The summed E-state index contributed by atoms with van der Waals surface area (Å²) in [5.41, 5.74) is -0.509. The molecule has 0 N–H and O–H groups in total. The second kappa shape index (κ2) is 5.93. The summed E-state index contributed by atoms with van der Waals surface area (Å²) in [4.78, 5) is 4.19. The summed E-state index contributed by atoms with van der Waals surface area (Å²) < 4.78 is 40.0. The fourth-order valence-electron chi connectivity index (χ4n) is 2.51. The Morgan fingerprint density at radius 2 is 1.83 bits per heavy atom. The molecule has 0 spiro atoms. The maximum absolute atomic E-state index is 13.4. The van der Waals surface area contributed by atoms with Gasteiger partial charge in [0.25, 0.3) is 6.43 Å². The first kappa shape index (κ1) is 17.0. The van der Waals surface area contributed by atoms with Crippen LogP contribution in [-0.2, 0) is 15.9 Å². The van der Waals surface area contributed by atoms with Crippen molar-refractivity contribution < 1.29 is 18.1 Å². The van der Waals surface area contributed by atoms with Crippen LogP contribution >= 0.6 is 0 Å². The van der Waals surface area contributed by atoms with E-state index < -0.39 is 24.7 Å². The highest BCUT2D eigenvalue weighted by molar-refractivity contribution is 6.62. The zero-order valence-electron chi connectivity index (χ0n) is 14.2. The molecule has 5 nitrogen and oxygen atoms in total. The molecule has 0 aromatic carbocycles. The molecule has 1 saturated heterocycles. The van der Waals surface area contributed by atoms with E-state index in [1.165, 1.54) is 4.68 Å². The van der Waals surface area contributed by atoms with E-state index in [1.54, 1.807) is 18.5 Å². The third kappa shape index (κ3) is 3.08. The van der Waals surface area contributed by atoms with Crippen LogP contribution in [-0.4, -0.2) is 33.1 Å². The molecule has 0 amide bonds. The summed E-state index contributed by atoms with van der Waals surface area (Å²) in [6.07, 6.45) is 0.504. The zero-order chi connectivity index (χ0) is 17.5. The summed E-state index contributed by atoms with van der Waals surface area (Å²) in [5.74, 6) is 0. The van der Waals surface area contributed by atoms with Crippen LogP contribution in [0.4, 0.5) is 8.78 Å². The maximum atomic E-state index is 13.4. The number of alkyl halides is 2. The van der Waals surface area contributed by atoms with Crippen LogP contribution in [0.5, 0.6) is 0 Å². The average molecular weight is 335 g/mol. The third-order valence-corrected chi connectivity index (χ3v) is 4.58. The lowest BCUT2D eigenvalue weighted by atomic mass is 9.79. The second-order valence-electron chi connectivity index (χ2n) is 6.88. The topological polar surface area (TPSA) is 49.2 Å². The Labute approximate surface area is 140 Å². The standard InChI is InChI=1S/C16H20BF2N3O2/c1-15(2)16(3,4)24-17(23-15)12-10-22(21-13(12)14(18)19)9-11-7-5-6-8-20-11/h5-8,10,14H,9H2,1-4H3. The van der Waals surface area contributed by atoms with Crippen molar-refractivity contribution in [3.63, 3.8) is 0 Å². The van der Waals surface area contributed by atoms with Crippen LogP contribution in [0.2, 0.25) is 0 Å². The van der Waals surface area contributed by atoms with Crippen molar-refractivity contribution in [3.05, 3.63) is 42.0 Å². The quantitative estimate of drug-likeness (QED) is 0.806. The van der Waals surface area contributed by atoms with Gasteiger partial charge in [0.15, 0.2) is 0 Å². The lowest BCUT2D eigenvalue weighted by Gasteiger charge is -2.32. The highest BCUT2D eigenvalue weighted by Gasteiger charge is 2.53.